The number of carbonyl (C=O) groups excluding carboxylic acids is 8. The minimum Gasteiger partial charge on any atom is -0.346 e. The average molecular weight is 1120 g/mol. The topological polar surface area (TPSA) is 226 Å². The summed E-state index contributed by atoms with van der Waals surface area (Å²) in [6.45, 7) is 0.626. The summed E-state index contributed by atoms with van der Waals surface area (Å²) in [7, 11) is 2.82. The molecule has 4 aliphatic rings. The lowest BCUT2D eigenvalue weighted by Crippen LogP contribution is -2.71. The maximum Gasteiger partial charge on any atom is 0.264 e. The minimum absolute atomic E-state index is 0.0462. The Labute approximate surface area is 470 Å². The van der Waals surface area contributed by atoms with E-state index in [1.165, 1.54) is 23.9 Å². The Kier molecular flexibility index (Phi) is 17.0. The smallest absolute Gasteiger partial charge is 0.264 e. The fourth-order valence-corrected chi connectivity index (χ4v) is 10.4. The van der Waals surface area contributed by atoms with Gasteiger partial charge in [-0.15, -0.1) is 0 Å². The van der Waals surface area contributed by atoms with Crippen molar-refractivity contribution < 1.29 is 55.9 Å². The monoisotopic (exact) mass is 1120 g/mol. The number of hydrogen-bond donors (Lipinski definition) is 4. The van der Waals surface area contributed by atoms with Gasteiger partial charge in [0.05, 0.1) is 47.7 Å². The predicted molar refractivity (Wildman–Crippen MR) is 298 cm³/mol. The molecule has 0 unspecified atom stereocenters. The number of para-hydroxylation sites is 4. The van der Waals surface area contributed by atoms with Gasteiger partial charge in [0.15, 0.2) is 11.6 Å². The van der Waals surface area contributed by atoms with Gasteiger partial charge in [-0.3, -0.25) is 38.4 Å². The van der Waals surface area contributed by atoms with Crippen molar-refractivity contribution in [1.29, 1.82) is 0 Å². The van der Waals surface area contributed by atoms with Gasteiger partial charge in [0.1, 0.15) is 23.3 Å². The normalized spacial score (nSPS) is 17.1. The number of hydrogen-bond acceptors (Lipinski definition) is 10. The molecule has 0 saturated heterocycles. The third-order valence-electron chi connectivity index (χ3n) is 15.0. The number of benzene rings is 6. The quantitative estimate of drug-likeness (QED) is 0.0594. The van der Waals surface area contributed by atoms with E-state index in [0.717, 1.165) is 59.7 Å². The highest BCUT2D eigenvalue weighted by atomic mass is 19.1. The Morgan fingerprint density at radius 2 is 0.768 bits per heavy atom. The largest absolute Gasteiger partial charge is 0.346 e. The van der Waals surface area contributed by atoms with Gasteiger partial charge >= 0.3 is 0 Å². The Balaban J connectivity index is 0.000000200. The third kappa shape index (κ3) is 12.5. The first-order valence-electron chi connectivity index (χ1n) is 26.8. The highest BCUT2D eigenvalue weighted by molar-refractivity contribution is 6.38. The number of nitrogens with one attached hydrogen (secondary N) is 2. The van der Waals surface area contributed by atoms with E-state index < -0.39 is 106 Å². The molecule has 2 aliphatic heterocycles. The van der Waals surface area contributed by atoms with Crippen LogP contribution in [0.15, 0.2) is 146 Å². The van der Waals surface area contributed by atoms with E-state index in [4.69, 9.17) is 11.5 Å². The van der Waals surface area contributed by atoms with Gasteiger partial charge in [-0.05, 0) is 121 Å². The molecule has 6 amide bonds. The van der Waals surface area contributed by atoms with Crippen molar-refractivity contribution in [1.82, 2.24) is 10.6 Å². The van der Waals surface area contributed by atoms with Gasteiger partial charge in [-0.1, -0.05) is 84.9 Å². The van der Waals surface area contributed by atoms with Crippen LogP contribution in [0.4, 0.5) is 40.3 Å². The number of likely N-dealkylation sites (N-methyl/N-ethyl adjacent to an activating group) is 2. The van der Waals surface area contributed by atoms with Gasteiger partial charge in [0.25, 0.3) is 23.6 Å². The lowest BCUT2D eigenvalue weighted by atomic mass is 9.84. The summed E-state index contributed by atoms with van der Waals surface area (Å²) in [5, 5.41) is 5.17. The molecule has 0 radical (unpaired) electrons. The van der Waals surface area contributed by atoms with Crippen molar-refractivity contribution in [3.8, 4) is 0 Å². The van der Waals surface area contributed by atoms with Gasteiger partial charge in [0, 0.05) is 39.3 Å². The van der Waals surface area contributed by atoms with Crippen molar-refractivity contribution in [2.24, 2.45) is 23.3 Å². The standard InChI is InChI=1S/C34H34F2N4O4.C28H26F2N4O4/c35-25-14-24(15-26(36)18-25)17-30(41)38-27(16-21-6-2-1-3-7-21)31(42)34(37)32(43)39(19-22-10-11-22)28-8-4-5-9-29(28)40(33(34)44)20-23-12-13-23;1-33-22-10-6-7-11-23(22)34(2)27(38)28(31,26(33)37)25(36)21(14-17-8-4-3-5-9-17)32-24(35)15-18-12-19(29)16-20(30)13-18/h1-9,14-15,18,22-23,27H,10-13,16-17,19-20,37H2,(H,38,41);3-13,16,21H,14-15,31H2,1-2H3,(H,32,35)/t27-;21-/m00/s1. The number of Topliss-reactive ketones (excluding diaryl/α,β-unsaturated/α-hetero) is 2. The molecule has 424 valence electrons. The summed E-state index contributed by atoms with van der Waals surface area (Å²) in [4.78, 5) is 116. The highest BCUT2D eigenvalue weighted by Crippen LogP contribution is 2.42. The van der Waals surface area contributed by atoms with Gasteiger partial charge < -0.3 is 41.7 Å². The molecular weight excluding hydrogens is 1060 g/mol. The van der Waals surface area contributed by atoms with E-state index in [-0.39, 0.29) is 35.8 Å². The van der Waals surface area contributed by atoms with Crippen LogP contribution in [0.25, 0.3) is 0 Å². The number of nitrogens with two attached hydrogens (primary N) is 2. The maximum absolute atomic E-state index is 14.6. The summed E-state index contributed by atoms with van der Waals surface area (Å²) in [6, 6.07) is 33.8. The Morgan fingerprint density at radius 1 is 0.463 bits per heavy atom. The van der Waals surface area contributed by atoms with Crippen LogP contribution in [0.2, 0.25) is 0 Å². The van der Waals surface area contributed by atoms with Crippen LogP contribution in [0.3, 0.4) is 0 Å². The van der Waals surface area contributed by atoms with Crippen LogP contribution < -0.4 is 41.7 Å². The summed E-state index contributed by atoms with van der Waals surface area (Å²) in [5.41, 5.74) is 11.1. The minimum atomic E-state index is -2.65. The number of carbonyl (C=O) groups is 8. The molecule has 2 heterocycles. The summed E-state index contributed by atoms with van der Waals surface area (Å²) >= 11 is 0. The molecule has 6 aromatic carbocycles. The number of rotatable bonds is 18. The molecule has 10 rings (SSSR count). The van der Waals surface area contributed by atoms with E-state index >= 15 is 0 Å². The molecule has 2 saturated carbocycles. The predicted octanol–water partition coefficient (Wildman–Crippen LogP) is 5.84. The molecule has 0 aromatic heterocycles. The van der Waals surface area contributed by atoms with Crippen LogP contribution in [-0.2, 0) is 64.0 Å². The number of anilines is 4. The van der Waals surface area contributed by atoms with Crippen LogP contribution in [0, 0.1) is 35.1 Å². The van der Waals surface area contributed by atoms with Gasteiger partial charge in [-0.25, -0.2) is 17.6 Å². The van der Waals surface area contributed by atoms with E-state index in [2.05, 4.69) is 10.6 Å². The van der Waals surface area contributed by atoms with Crippen molar-refractivity contribution in [2.45, 2.75) is 74.5 Å². The second-order valence-corrected chi connectivity index (χ2v) is 21.3. The zero-order valence-corrected chi connectivity index (χ0v) is 45.0. The molecule has 20 heteroatoms. The lowest BCUT2D eigenvalue weighted by Gasteiger charge is -2.33. The van der Waals surface area contributed by atoms with Crippen molar-refractivity contribution in [3.63, 3.8) is 0 Å². The number of ketones is 2. The molecule has 82 heavy (non-hydrogen) atoms. The fraction of sp³-hybridized carbons (Fsp3) is 0.290. The first-order valence-corrected chi connectivity index (χ1v) is 26.8. The first kappa shape index (κ1) is 57.8. The zero-order valence-electron chi connectivity index (χ0n) is 45.0. The molecular formula is C62H60F4N8O8. The third-order valence-corrected chi connectivity index (χ3v) is 15.0. The SMILES string of the molecule is CN1C(=O)C(N)(C(=O)[C@H](Cc2ccccc2)NC(=O)Cc2cc(F)cc(F)c2)C(=O)N(C)c2ccccc21.NC1(C(=O)[C@H](Cc2ccccc2)NC(=O)Cc2cc(F)cc(F)c2)C(=O)N(CC2CC2)c2ccccc2N(CC2CC2)C1=O. The van der Waals surface area contributed by atoms with Crippen molar-refractivity contribution in [2.75, 3.05) is 46.8 Å². The van der Waals surface area contributed by atoms with Crippen LogP contribution in [0.1, 0.15) is 47.9 Å². The van der Waals surface area contributed by atoms with Crippen LogP contribution in [0.5, 0.6) is 0 Å². The first-order chi connectivity index (χ1) is 39.1. The molecule has 2 atom stereocenters. The number of nitrogens with zero attached hydrogens (tertiary/aromatic N) is 4. The average Bonchev–Trinajstić information content (AvgIpc) is 4.50. The van der Waals surface area contributed by atoms with E-state index in [9.17, 15) is 55.9 Å². The zero-order chi connectivity index (χ0) is 58.6. The molecule has 2 aliphatic carbocycles. The number of fused-ring (bicyclic) bond motifs is 2. The van der Waals surface area contributed by atoms with E-state index in [1.54, 1.807) is 109 Å². The lowest BCUT2D eigenvalue weighted by molar-refractivity contribution is -0.145. The number of amides is 6. The second kappa shape index (κ2) is 24.1. The van der Waals surface area contributed by atoms with E-state index in [1.807, 2.05) is 0 Å². The highest BCUT2D eigenvalue weighted by Gasteiger charge is 2.59. The van der Waals surface area contributed by atoms with Crippen LogP contribution in [-0.4, -0.2) is 97.4 Å². The molecule has 0 spiro atoms. The van der Waals surface area contributed by atoms with Crippen molar-refractivity contribution >= 4 is 69.8 Å². The van der Waals surface area contributed by atoms with Crippen LogP contribution >= 0.6 is 0 Å². The molecule has 0 bridgehead atoms. The second-order valence-electron chi connectivity index (χ2n) is 21.3. The molecule has 2 fully saturated rings. The summed E-state index contributed by atoms with van der Waals surface area (Å²) in [6.07, 6.45) is 2.67. The fourth-order valence-electron chi connectivity index (χ4n) is 10.4. The van der Waals surface area contributed by atoms with Crippen molar-refractivity contribution in [3.05, 3.63) is 191 Å². The molecule has 6 N–H and O–H groups in total. The maximum atomic E-state index is 14.6. The Bertz CT molecular complexity index is 3340. The Morgan fingerprint density at radius 3 is 1.10 bits per heavy atom. The van der Waals surface area contributed by atoms with Gasteiger partial charge in [-0.2, -0.15) is 0 Å². The summed E-state index contributed by atoms with van der Waals surface area (Å²) < 4.78 is 54.9. The Hall–Kier alpha value is -8.88. The van der Waals surface area contributed by atoms with Gasteiger partial charge in [0.2, 0.25) is 22.9 Å². The summed E-state index contributed by atoms with van der Waals surface area (Å²) in [5.74, 6) is -9.92. The molecule has 16 nitrogen and oxygen atoms in total. The number of halogens is 4. The molecule has 6 aromatic rings. The van der Waals surface area contributed by atoms with E-state index in [0.29, 0.717) is 59.1 Å².